The van der Waals surface area contributed by atoms with Crippen molar-refractivity contribution in [3.8, 4) is 0 Å². The van der Waals surface area contributed by atoms with Crippen LogP contribution in [0.25, 0.3) is 0 Å². The van der Waals surface area contributed by atoms with Gasteiger partial charge >= 0.3 is 5.69 Å². The van der Waals surface area contributed by atoms with Crippen molar-refractivity contribution in [2.24, 2.45) is 0 Å². The van der Waals surface area contributed by atoms with Crippen molar-refractivity contribution >= 4 is 28.4 Å². The molecule has 1 atom stereocenters. The van der Waals surface area contributed by atoms with Crippen LogP contribution in [0, 0.1) is 27.2 Å². The number of rotatable bonds is 7. The van der Waals surface area contributed by atoms with Crippen LogP contribution in [-0.2, 0) is 12.2 Å². The highest BCUT2D eigenvalue weighted by Gasteiger charge is 2.32. The highest BCUT2D eigenvalue weighted by atomic mass is 32.1. The number of aliphatic hydroxyl groups excluding tert-OH is 1. The topological polar surface area (TPSA) is 139 Å². The molecule has 0 aliphatic carbocycles. The standard InChI is InChI=1S/C15H17N3O6S/c1-9-10(6-19)5-12(17(21)22)13(14(9)18(23)24)16-8-15(2,20)11-3-4-25-7-11/h3-5,7,16,19-20H,6,8H2,1-2H3. The average molecular weight is 367 g/mol. The molecule has 1 heterocycles. The van der Waals surface area contributed by atoms with Crippen LogP contribution in [0.15, 0.2) is 22.9 Å². The van der Waals surface area contributed by atoms with Gasteiger partial charge in [-0.3, -0.25) is 20.2 Å². The van der Waals surface area contributed by atoms with Crippen molar-refractivity contribution in [3.05, 3.63) is 59.8 Å². The summed E-state index contributed by atoms with van der Waals surface area (Å²) in [5, 5.41) is 48.8. The molecule has 10 heteroatoms. The van der Waals surface area contributed by atoms with E-state index in [1.807, 2.05) is 0 Å². The third-order valence-electron chi connectivity index (χ3n) is 3.94. The van der Waals surface area contributed by atoms with Gasteiger partial charge in [0.25, 0.3) is 5.69 Å². The van der Waals surface area contributed by atoms with Gasteiger partial charge in [0.2, 0.25) is 0 Å². The second-order valence-electron chi connectivity index (χ2n) is 5.72. The van der Waals surface area contributed by atoms with E-state index in [0.29, 0.717) is 5.56 Å². The molecular formula is C15H17N3O6S. The molecule has 0 amide bonds. The fraction of sp³-hybridized carbons (Fsp3) is 0.333. The van der Waals surface area contributed by atoms with Gasteiger partial charge in [0.1, 0.15) is 5.60 Å². The molecular weight excluding hydrogens is 350 g/mol. The van der Waals surface area contributed by atoms with Crippen molar-refractivity contribution in [3.63, 3.8) is 0 Å². The molecule has 0 radical (unpaired) electrons. The molecule has 134 valence electrons. The molecule has 0 spiro atoms. The summed E-state index contributed by atoms with van der Waals surface area (Å²) in [5.74, 6) is 0. The third-order valence-corrected chi connectivity index (χ3v) is 4.63. The number of anilines is 1. The maximum atomic E-state index is 11.4. The highest BCUT2D eigenvalue weighted by molar-refractivity contribution is 7.08. The van der Waals surface area contributed by atoms with Crippen LogP contribution in [0.4, 0.5) is 17.1 Å². The Morgan fingerprint density at radius 2 is 2.00 bits per heavy atom. The van der Waals surface area contributed by atoms with Crippen molar-refractivity contribution in [2.75, 3.05) is 11.9 Å². The minimum absolute atomic E-state index is 0.105. The van der Waals surface area contributed by atoms with Gasteiger partial charge in [-0.15, -0.1) is 0 Å². The smallest absolute Gasteiger partial charge is 0.302 e. The van der Waals surface area contributed by atoms with Gasteiger partial charge < -0.3 is 15.5 Å². The van der Waals surface area contributed by atoms with E-state index in [-0.39, 0.29) is 23.4 Å². The highest BCUT2D eigenvalue weighted by Crippen LogP contribution is 2.40. The zero-order chi connectivity index (χ0) is 18.8. The van der Waals surface area contributed by atoms with Gasteiger partial charge in [0.15, 0.2) is 5.69 Å². The number of nitro benzene ring substituents is 2. The number of hydrogen-bond acceptors (Lipinski definition) is 8. The van der Waals surface area contributed by atoms with Gasteiger partial charge in [-0.2, -0.15) is 11.3 Å². The Balaban J connectivity index is 2.50. The molecule has 0 bridgehead atoms. The first-order valence-electron chi connectivity index (χ1n) is 7.24. The Hall–Kier alpha value is -2.56. The maximum absolute atomic E-state index is 11.4. The molecule has 0 saturated heterocycles. The van der Waals surface area contributed by atoms with Crippen LogP contribution in [0.5, 0.6) is 0 Å². The largest absolute Gasteiger partial charge is 0.392 e. The zero-order valence-corrected chi connectivity index (χ0v) is 14.4. The van der Waals surface area contributed by atoms with Crippen molar-refractivity contribution in [1.82, 2.24) is 0 Å². The summed E-state index contributed by atoms with van der Waals surface area (Å²) in [6.45, 7) is 2.20. The summed E-state index contributed by atoms with van der Waals surface area (Å²) in [7, 11) is 0. The summed E-state index contributed by atoms with van der Waals surface area (Å²) in [6, 6.07) is 2.80. The van der Waals surface area contributed by atoms with Gasteiger partial charge in [-0.05, 0) is 41.8 Å². The van der Waals surface area contributed by atoms with E-state index in [2.05, 4.69) is 5.32 Å². The number of nitrogens with zero attached hydrogens (tertiary/aromatic N) is 2. The van der Waals surface area contributed by atoms with Gasteiger partial charge in [0, 0.05) is 18.2 Å². The lowest BCUT2D eigenvalue weighted by molar-refractivity contribution is -0.392. The lowest BCUT2D eigenvalue weighted by Crippen LogP contribution is -2.30. The Morgan fingerprint density at radius 1 is 1.32 bits per heavy atom. The molecule has 0 fully saturated rings. The SMILES string of the molecule is Cc1c(CO)cc([N+](=O)[O-])c(NCC(C)(O)c2ccsc2)c1[N+](=O)[O-]. The molecule has 3 N–H and O–H groups in total. The summed E-state index contributed by atoms with van der Waals surface area (Å²) >= 11 is 1.38. The van der Waals surface area contributed by atoms with Crippen LogP contribution in [-0.4, -0.2) is 26.6 Å². The van der Waals surface area contributed by atoms with E-state index in [4.69, 9.17) is 0 Å². The lowest BCUT2D eigenvalue weighted by Gasteiger charge is -2.23. The van der Waals surface area contributed by atoms with Crippen LogP contribution < -0.4 is 5.32 Å². The number of hydrogen-bond donors (Lipinski definition) is 3. The fourth-order valence-corrected chi connectivity index (χ4v) is 3.23. The molecule has 2 rings (SSSR count). The number of thiophene rings is 1. The molecule has 0 aliphatic heterocycles. The minimum atomic E-state index is -1.37. The van der Waals surface area contributed by atoms with Crippen LogP contribution in [0.2, 0.25) is 0 Å². The van der Waals surface area contributed by atoms with Gasteiger partial charge in [0.05, 0.1) is 16.5 Å². The van der Waals surface area contributed by atoms with Crippen LogP contribution >= 0.6 is 11.3 Å². The fourth-order valence-electron chi connectivity index (χ4n) is 2.45. The Kier molecular flexibility index (Phi) is 5.36. The molecule has 0 aliphatic rings. The van der Waals surface area contributed by atoms with Crippen LogP contribution in [0.1, 0.15) is 23.6 Å². The minimum Gasteiger partial charge on any atom is -0.392 e. The van der Waals surface area contributed by atoms with Gasteiger partial charge in [-0.1, -0.05) is 0 Å². The van der Waals surface area contributed by atoms with E-state index in [0.717, 1.165) is 6.07 Å². The predicted octanol–water partition coefficient (Wildman–Crippen LogP) is 2.68. The number of aliphatic hydroxyl groups is 2. The maximum Gasteiger partial charge on any atom is 0.302 e. The summed E-state index contributed by atoms with van der Waals surface area (Å²) in [6.07, 6.45) is 0. The Labute approximate surface area is 146 Å². The molecule has 9 nitrogen and oxygen atoms in total. The van der Waals surface area contributed by atoms with E-state index >= 15 is 0 Å². The third kappa shape index (κ3) is 3.76. The second-order valence-corrected chi connectivity index (χ2v) is 6.50. The Bertz CT molecular complexity index is 804. The van der Waals surface area contributed by atoms with E-state index in [1.54, 1.807) is 16.8 Å². The quantitative estimate of drug-likeness (QED) is 0.505. The zero-order valence-electron chi connectivity index (χ0n) is 13.6. The van der Waals surface area contributed by atoms with Crippen LogP contribution in [0.3, 0.4) is 0 Å². The summed E-state index contributed by atoms with van der Waals surface area (Å²) in [5.41, 5.74) is -1.84. The second kappa shape index (κ2) is 7.13. The first kappa shape index (κ1) is 18.8. The molecule has 1 aromatic heterocycles. The van der Waals surface area contributed by atoms with E-state index in [1.165, 1.54) is 25.2 Å². The first-order chi connectivity index (χ1) is 11.7. The predicted molar refractivity (Wildman–Crippen MR) is 92.8 cm³/mol. The summed E-state index contributed by atoms with van der Waals surface area (Å²) < 4.78 is 0. The molecule has 25 heavy (non-hydrogen) atoms. The lowest BCUT2D eigenvalue weighted by atomic mass is 9.98. The first-order valence-corrected chi connectivity index (χ1v) is 8.18. The molecule has 2 aromatic rings. The van der Waals surface area contributed by atoms with Crippen molar-refractivity contribution in [2.45, 2.75) is 26.1 Å². The van der Waals surface area contributed by atoms with E-state index < -0.39 is 33.4 Å². The number of benzene rings is 1. The normalized spacial score (nSPS) is 13.3. The molecule has 1 unspecified atom stereocenters. The average Bonchev–Trinajstić information content (AvgIpc) is 3.07. The number of nitrogens with one attached hydrogen (secondary N) is 1. The summed E-state index contributed by atoms with van der Waals surface area (Å²) in [4.78, 5) is 21.3. The van der Waals surface area contributed by atoms with Gasteiger partial charge in [-0.25, -0.2) is 0 Å². The van der Waals surface area contributed by atoms with E-state index in [9.17, 15) is 30.4 Å². The Morgan fingerprint density at radius 3 is 2.48 bits per heavy atom. The van der Waals surface area contributed by atoms with Crippen molar-refractivity contribution in [1.29, 1.82) is 0 Å². The molecule has 0 saturated carbocycles. The monoisotopic (exact) mass is 367 g/mol. The molecule has 1 aromatic carbocycles. The number of nitro groups is 2. The van der Waals surface area contributed by atoms with Crippen molar-refractivity contribution < 1.29 is 20.1 Å².